The number of ether oxygens (including phenoxy) is 2. The summed E-state index contributed by atoms with van der Waals surface area (Å²) in [6.45, 7) is 7.54. The molecule has 2 rings (SSSR count). The van der Waals surface area contributed by atoms with Gasteiger partial charge in [-0.25, -0.2) is 18.0 Å². The molecule has 0 N–H and O–H groups in total. The molecule has 0 aliphatic carbocycles. The quantitative estimate of drug-likeness (QED) is 0.677. The number of esters is 1. The molecule has 1 aliphatic heterocycles. The molecule has 1 aromatic carbocycles. The number of amides is 1. The summed E-state index contributed by atoms with van der Waals surface area (Å²) in [5, 5.41) is 0. The van der Waals surface area contributed by atoms with E-state index in [2.05, 4.69) is 0 Å². The Morgan fingerprint density at radius 3 is 2.17 bits per heavy atom. The molecule has 0 atom stereocenters. The summed E-state index contributed by atoms with van der Waals surface area (Å²) in [5.74, 6) is -0.621. The minimum Gasteiger partial charge on any atom is -0.465 e. The standard InChI is InChI=1S/C19H29N3O6S/c1-19(2,3)28-18(24)22-11-9-21(10-12-22)14-7-8-16(20(4)29(6,25)26)15(13-14)17(23)27-5/h7-8,13H,9-12H2,1-6H3. The van der Waals surface area contributed by atoms with Gasteiger partial charge >= 0.3 is 12.1 Å². The molecular formula is C19H29N3O6S. The summed E-state index contributed by atoms with van der Waals surface area (Å²) in [6, 6.07) is 4.96. The number of sulfonamides is 1. The van der Waals surface area contributed by atoms with Gasteiger partial charge in [-0.1, -0.05) is 0 Å². The van der Waals surface area contributed by atoms with Crippen LogP contribution >= 0.6 is 0 Å². The number of rotatable bonds is 4. The molecule has 0 bridgehead atoms. The molecule has 1 aliphatic rings. The average Bonchev–Trinajstić information content (AvgIpc) is 2.64. The van der Waals surface area contributed by atoms with Crippen molar-refractivity contribution in [2.45, 2.75) is 26.4 Å². The maximum atomic E-state index is 12.2. The highest BCUT2D eigenvalue weighted by Crippen LogP contribution is 2.28. The van der Waals surface area contributed by atoms with Crippen molar-refractivity contribution < 1.29 is 27.5 Å². The van der Waals surface area contributed by atoms with Crippen LogP contribution in [0.15, 0.2) is 18.2 Å². The first kappa shape index (κ1) is 22.8. The molecular weight excluding hydrogens is 398 g/mol. The van der Waals surface area contributed by atoms with E-state index in [9.17, 15) is 18.0 Å². The lowest BCUT2D eigenvalue weighted by Crippen LogP contribution is -2.50. The molecule has 0 spiro atoms. The molecule has 0 unspecified atom stereocenters. The fraction of sp³-hybridized carbons (Fsp3) is 0.579. The predicted octanol–water partition coefficient (Wildman–Crippen LogP) is 1.93. The van der Waals surface area contributed by atoms with Crippen LogP contribution in [0.4, 0.5) is 16.2 Å². The highest BCUT2D eigenvalue weighted by molar-refractivity contribution is 7.92. The third-order valence-corrected chi connectivity index (χ3v) is 5.71. The molecule has 1 aromatic rings. The van der Waals surface area contributed by atoms with E-state index in [0.29, 0.717) is 26.2 Å². The van der Waals surface area contributed by atoms with Gasteiger partial charge in [-0.3, -0.25) is 4.31 Å². The molecule has 0 radical (unpaired) electrons. The van der Waals surface area contributed by atoms with Crippen molar-refractivity contribution in [2.75, 3.05) is 55.8 Å². The average molecular weight is 428 g/mol. The number of nitrogens with zero attached hydrogens (tertiary/aromatic N) is 3. The van der Waals surface area contributed by atoms with Crippen molar-refractivity contribution in [3.63, 3.8) is 0 Å². The summed E-state index contributed by atoms with van der Waals surface area (Å²) in [6.07, 6.45) is 0.718. The van der Waals surface area contributed by atoms with Crippen molar-refractivity contribution >= 4 is 33.5 Å². The van der Waals surface area contributed by atoms with Crippen LogP contribution in [0, 0.1) is 0 Å². The number of benzene rings is 1. The van der Waals surface area contributed by atoms with Crippen LogP contribution in [0.25, 0.3) is 0 Å². The number of hydrogen-bond donors (Lipinski definition) is 0. The maximum absolute atomic E-state index is 12.2. The van der Waals surface area contributed by atoms with E-state index < -0.39 is 21.6 Å². The first-order valence-electron chi connectivity index (χ1n) is 9.22. The lowest BCUT2D eigenvalue weighted by Gasteiger charge is -2.37. The van der Waals surface area contributed by atoms with Crippen molar-refractivity contribution in [1.29, 1.82) is 0 Å². The molecule has 1 fully saturated rings. The Morgan fingerprint density at radius 2 is 1.69 bits per heavy atom. The monoisotopic (exact) mass is 427 g/mol. The molecule has 162 valence electrons. The van der Waals surface area contributed by atoms with Crippen LogP contribution in [-0.2, 0) is 19.5 Å². The van der Waals surface area contributed by atoms with Gasteiger partial charge < -0.3 is 19.3 Å². The number of anilines is 2. The first-order chi connectivity index (χ1) is 13.3. The molecule has 10 heteroatoms. The Kier molecular flexibility index (Phi) is 6.67. The highest BCUT2D eigenvalue weighted by Gasteiger charge is 2.27. The van der Waals surface area contributed by atoms with Gasteiger partial charge in [0, 0.05) is 38.9 Å². The fourth-order valence-electron chi connectivity index (χ4n) is 2.92. The highest BCUT2D eigenvalue weighted by atomic mass is 32.2. The molecule has 0 saturated carbocycles. The number of piperazine rings is 1. The lowest BCUT2D eigenvalue weighted by atomic mass is 10.1. The largest absolute Gasteiger partial charge is 0.465 e. The van der Waals surface area contributed by atoms with Gasteiger partial charge in [0.25, 0.3) is 0 Å². The summed E-state index contributed by atoms with van der Waals surface area (Å²) < 4.78 is 35.1. The van der Waals surface area contributed by atoms with E-state index >= 15 is 0 Å². The van der Waals surface area contributed by atoms with E-state index in [4.69, 9.17) is 9.47 Å². The summed E-state index contributed by atoms with van der Waals surface area (Å²) in [4.78, 5) is 28.1. The second kappa shape index (κ2) is 8.48. The predicted molar refractivity (Wildman–Crippen MR) is 111 cm³/mol. The van der Waals surface area contributed by atoms with Crippen molar-refractivity contribution in [3.8, 4) is 0 Å². The normalized spacial score (nSPS) is 15.1. The number of hydrogen-bond acceptors (Lipinski definition) is 7. The van der Waals surface area contributed by atoms with Crippen molar-refractivity contribution in [2.24, 2.45) is 0 Å². The minimum atomic E-state index is -3.54. The van der Waals surface area contributed by atoms with Gasteiger partial charge in [-0.05, 0) is 39.0 Å². The van der Waals surface area contributed by atoms with Crippen LogP contribution in [0.1, 0.15) is 31.1 Å². The van der Waals surface area contributed by atoms with E-state index in [1.807, 2.05) is 25.7 Å². The SMILES string of the molecule is COC(=O)c1cc(N2CCN(C(=O)OC(C)(C)C)CC2)ccc1N(C)S(C)(=O)=O. The molecule has 1 heterocycles. The number of carbonyl (C=O) groups excluding carboxylic acids is 2. The fourth-order valence-corrected chi connectivity index (χ4v) is 3.44. The van der Waals surface area contributed by atoms with Gasteiger partial charge in [0.05, 0.1) is 24.6 Å². The van der Waals surface area contributed by atoms with Crippen LogP contribution < -0.4 is 9.21 Å². The Hall–Kier alpha value is -2.49. The van der Waals surface area contributed by atoms with Crippen molar-refractivity contribution in [3.05, 3.63) is 23.8 Å². The van der Waals surface area contributed by atoms with Crippen LogP contribution in [0.5, 0.6) is 0 Å². The Morgan fingerprint density at radius 1 is 1.10 bits per heavy atom. The zero-order valence-corrected chi connectivity index (χ0v) is 18.6. The molecule has 9 nitrogen and oxygen atoms in total. The smallest absolute Gasteiger partial charge is 0.410 e. The van der Waals surface area contributed by atoms with Gasteiger partial charge in [0.15, 0.2) is 0 Å². The van der Waals surface area contributed by atoms with Crippen molar-refractivity contribution in [1.82, 2.24) is 4.90 Å². The number of methoxy groups -OCH3 is 1. The van der Waals surface area contributed by atoms with Crippen LogP contribution in [0.2, 0.25) is 0 Å². The topological polar surface area (TPSA) is 96.5 Å². The zero-order valence-electron chi connectivity index (χ0n) is 17.8. The van der Waals surface area contributed by atoms with E-state index in [0.717, 1.165) is 16.2 Å². The van der Waals surface area contributed by atoms with E-state index in [1.54, 1.807) is 23.1 Å². The third-order valence-electron chi connectivity index (χ3n) is 4.52. The maximum Gasteiger partial charge on any atom is 0.410 e. The lowest BCUT2D eigenvalue weighted by molar-refractivity contribution is 0.0240. The Balaban J connectivity index is 2.20. The second-order valence-corrected chi connectivity index (χ2v) is 9.89. The third kappa shape index (κ3) is 5.75. The Bertz CT molecular complexity index is 870. The van der Waals surface area contributed by atoms with E-state index in [-0.39, 0.29) is 17.3 Å². The molecule has 29 heavy (non-hydrogen) atoms. The van der Waals surface area contributed by atoms with E-state index in [1.165, 1.54) is 14.2 Å². The Labute approximate surface area is 172 Å². The van der Waals surface area contributed by atoms with Gasteiger partial charge in [-0.15, -0.1) is 0 Å². The molecule has 1 saturated heterocycles. The van der Waals surface area contributed by atoms with Gasteiger partial charge in [0.2, 0.25) is 10.0 Å². The molecule has 0 aromatic heterocycles. The zero-order chi connectivity index (χ0) is 22.0. The molecule has 1 amide bonds. The summed E-state index contributed by atoms with van der Waals surface area (Å²) >= 11 is 0. The number of carbonyl (C=O) groups is 2. The second-order valence-electron chi connectivity index (χ2n) is 7.88. The minimum absolute atomic E-state index is 0.160. The van der Waals surface area contributed by atoms with Crippen LogP contribution in [0.3, 0.4) is 0 Å². The van der Waals surface area contributed by atoms with Gasteiger partial charge in [-0.2, -0.15) is 0 Å². The van der Waals surface area contributed by atoms with Crippen LogP contribution in [-0.4, -0.2) is 77.6 Å². The first-order valence-corrected chi connectivity index (χ1v) is 11.1. The van der Waals surface area contributed by atoms with Gasteiger partial charge in [0.1, 0.15) is 5.60 Å². The summed E-state index contributed by atoms with van der Waals surface area (Å²) in [7, 11) is -0.902. The summed E-state index contributed by atoms with van der Waals surface area (Å²) in [5.41, 5.74) is 0.605.